The summed E-state index contributed by atoms with van der Waals surface area (Å²) < 4.78 is 5.95. The number of ether oxygens (including phenoxy) is 1. The molecule has 1 N–H and O–H groups in total. The van der Waals surface area contributed by atoms with Crippen molar-refractivity contribution in [3.05, 3.63) is 54.1 Å². The molecule has 0 aliphatic heterocycles. The molecule has 2 rings (SSSR count). The highest BCUT2D eigenvalue weighted by Crippen LogP contribution is 2.31. The molecule has 4 heteroatoms. The number of anilines is 1. The van der Waals surface area contributed by atoms with E-state index in [1.165, 1.54) is 0 Å². The third-order valence-electron chi connectivity index (χ3n) is 3.49. The molecule has 22 heavy (non-hydrogen) atoms. The van der Waals surface area contributed by atoms with E-state index in [1.807, 2.05) is 69.3 Å². The molecule has 2 amide bonds. The maximum absolute atomic E-state index is 12.2. The molecule has 0 aliphatic carbocycles. The number of benzene rings is 2. The Labute approximate surface area is 131 Å². The van der Waals surface area contributed by atoms with E-state index < -0.39 is 0 Å². The van der Waals surface area contributed by atoms with Gasteiger partial charge < -0.3 is 15.0 Å². The summed E-state index contributed by atoms with van der Waals surface area (Å²) in [5.41, 5.74) is 1.72. The normalized spacial score (nSPS) is 10.1. The summed E-state index contributed by atoms with van der Waals surface area (Å²) in [6.07, 6.45) is 0. The minimum atomic E-state index is -0.120. The maximum Gasteiger partial charge on any atom is 0.321 e. The number of carbonyl (C=O) groups is 1. The van der Waals surface area contributed by atoms with Gasteiger partial charge in [-0.25, -0.2) is 4.79 Å². The maximum atomic E-state index is 12.2. The molecule has 4 nitrogen and oxygen atoms in total. The topological polar surface area (TPSA) is 41.6 Å². The zero-order valence-electron chi connectivity index (χ0n) is 13.3. The van der Waals surface area contributed by atoms with Gasteiger partial charge in [0.05, 0.1) is 5.69 Å². The average molecular weight is 298 g/mol. The van der Waals surface area contributed by atoms with Crippen molar-refractivity contribution in [1.82, 2.24) is 4.90 Å². The molecule has 0 fully saturated rings. The Morgan fingerprint density at radius 3 is 2.23 bits per heavy atom. The lowest BCUT2D eigenvalue weighted by Gasteiger charge is -2.20. The molecule has 2 aromatic carbocycles. The number of para-hydroxylation sites is 3. The molecule has 0 radical (unpaired) electrons. The summed E-state index contributed by atoms with van der Waals surface area (Å²) in [7, 11) is 0. The highest BCUT2D eigenvalue weighted by atomic mass is 16.5. The molecule has 0 saturated carbocycles. The first-order chi connectivity index (χ1) is 10.7. The molecule has 0 unspecified atom stereocenters. The van der Waals surface area contributed by atoms with Crippen LogP contribution in [0.25, 0.3) is 0 Å². The molecule has 0 saturated heterocycles. The van der Waals surface area contributed by atoms with Crippen LogP contribution in [-0.4, -0.2) is 24.0 Å². The molecule has 0 bridgehead atoms. The third kappa shape index (κ3) is 3.79. The number of amides is 2. The Morgan fingerprint density at radius 2 is 1.59 bits per heavy atom. The van der Waals surface area contributed by atoms with E-state index in [4.69, 9.17) is 4.74 Å². The fraction of sp³-hybridized carbons (Fsp3) is 0.278. The summed E-state index contributed by atoms with van der Waals surface area (Å²) in [6, 6.07) is 15.1. The first kappa shape index (κ1) is 15.9. The van der Waals surface area contributed by atoms with Crippen molar-refractivity contribution in [1.29, 1.82) is 0 Å². The van der Waals surface area contributed by atoms with Gasteiger partial charge in [0.15, 0.2) is 5.75 Å². The first-order valence-electron chi connectivity index (χ1n) is 7.54. The summed E-state index contributed by atoms with van der Waals surface area (Å²) in [5, 5.41) is 2.91. The zero-order valence-corrected chi connectivity index (χ0v) is 13.3. The molecule has 2 aromatic rings. The lowest BCUT2D eigenvalue weighted by atomic mass is 10.2. The molecule has 116 valence electrons. The van der Waals surface area contributed by atoms with Gasteiger partial charge in [-0.1, -0.05) is 30.3 Å². The second-order valence-electron chi connectivity index (χ2n) is 4.97. The number of rotatable bonds is 5. The van der Waals surface area contributed by atoms with Gasteiger partial charge in [-0.3, -0.25) is 0 Å². The van der Waals surface area contributed by atoms with Gasteiger partial charge in [0.25, 0.3) is 0 Å². The molecule has 0 spiro atoms. The second-order valence-corrected chi connectivity index (χ2v) is 4.97. The van der Waals surface area contributed by atoms with Gasteiger partial charge in [-0.2, -0.15) is 0 Å². The molecule has 0 aliphatic rings. The smallest absolute Gasteiger partial charge is 0.321 e. The summed E-state index contributed by atoms with van der Waals surface area (Å²) in [4.78, 5) is 13.9. The van der Waals surface area contributed by atoms with E-state index >= 15 is 0 Å². The van der Waals surface area contributed by atoms with Gasteiger partial charge in [0.2, 0.25) is 0 Å². The second kappa shape index (κ2) is 7.50. The van der Waals surface area contributed by atoms with Gasteiger partial charge in [0, 0.05) is 13.1 Å². The fourth-order valence-corrected chi connectivity index (χ4v) is 2.15. The van der Waals surface area contributed by atoms with Crippen molar-refractivity contribution in [3.8, 4) is 11.5 Å². The summed E-state index contributed by atoms with van der Waals surface area (Å²) >= 11 is 0. The van der Waals surface area contributed by atoms with E-state index in [0.29, 0.717) is 24.5 Å². The number of urea groups is 1. The van der Waals surface area contributed by atoms with Crippen molar-refractivity contribution < 1.29 is 9.53 Å². The zero-order chi connectivity index (χ0) is 15.9. The minimum absolute atomic E-state index is 0.120. The van der Waals surface area contributed by atoms with Gasteiger partial charge in [0.1, 0.15) is 5.75 Å². The van der Waals surface area contributed by atoms with Crippen molar-refractivity contribution in [3.63, 3.8) is 0 Å². The predicted molar refractivity (Wildman–Crippen MR) is 89.6 cm³/mol. The van der Waals surface area contributed by atoms with Crippen LogP contribution < -0.4 is 10.1 Å². The van der Waals surface area contributed by atoms with Gasteiger partial charge in [-0.05, 0) is 44.5 Å². The lowest BCUT2D eigenvalue weighted by Crippen LogP contribution is -2.34. The largest absolute Gasteiger partial charge is 0.455 e. The van der Waals surface area contributed by atoms with Crippen LogP contribution in [0.3, 0.4) is 0 Å². The van der Waals surface area contributed by atoms with Crippen molar-refractivity contribution in [2.75, 3.05) is 18.4 Å². The fourth-order valence-electron chi connectivity index (χ4n) is 2.15. The van der Waals surface area contributed by atoms with Crippen LogP contribution in [0.15, 0.2) is 48.5 Å². The van der Waals surface area contributed by atoms with Crippen molar-refractivity contribution in [2.24, 2.45) is 0 Å². The van der Waals surface area contributed by atoms with Crippen LogP contribution in [0.5, 0.6) is 11.5 Å². The van der Waals surface area contributed by atoms with E-state index in [0.717, 1.165) is 11.3 Å². The number of aryl methyl sites for hydroxylation is 1. The van der Waals surface area contributed by atoms with Crippen LogP contribution >= 0.6 is 0 Å². The SMILES string of the molecule is CCN(CC)C(=O)Nc1ccccc1Oc1ccccc1C. The van der Waals surface area contributed by atoms with Crippen molar-refractivity contribution >= 4 is 11.7 Å². The molecule has 0 atom stereocenters. The van der Waals surface area contributed by atoms with E-state index in [1.54, 1.807) is 4.90 Å². The molecular weight excluding hydrogens is 276 g/mol. The predicted octanol–water partition coefficient (Wildman–Crippen LogP) is 4.66. The highest BCUT2D eigenvalue weighted by Gasteiger charge is 2.13. The Kier molecular flexibility index (Phi) is 5.42. The monoisotopic (exact) mass is 298 g/mol. The van der Waals surface area contributed by atoms with Gasteiger partial charge >= 0.3 is 6.03 Å². The van der Waals surface area contributed by atoms with E-state index in [-0.39, 0.29) is 6.03 Å². The Hall–Kier alpha value is -2.49. The number of carbonyl (C=O) groups excluding carboxylic acids is 1. The summed E-state index contributed by atoms with van der Waals surface area (Å²) in [5.74, 6) is 1.42. The molecular formula is C18H22N2O2. The quantitative estimate of drug-likeness (QED) is 0.872. The Balaban J connectivity index is 2.20. The number of nitrogens with zero attached hydrogens (tertiary/aromatic N) is 1. The van der Waals surface area contributed by atoms with Crippen molar-refractivity contribution in [2.45, 2.75) is 20.8 Å². The van der Waals surface area contributed by atoms with Crippen LogP contribution in [0, 0.1) is 6.92 Å². The first-order valence-corrected chi connectivity index (χ1v) is 7.54. The molecule has 0 aromatic heterocycles. The standard InChI is InChI=1S/C18H22N2O2/c1-4-20(5-2)18(21)19-15-11-7-9-13-17(15)22-16-12-8-6-10-14(16)3/h6-13H,4-5H2,1-3H3,(H,19,21). The Bertz CT molecular complexity index is 636. The van der Waals surface area contributed by atoms with Gasteiger partial charge in [-0.15, -0.1) is 0 Å². The van der Waals surface area contributed by atoms with Crippen LogP contribution in [0.2, 0.25) is 0 Å². The minimum Gasteiger partial charge on any atom is -0.455 e. The lowest BCUT2D eigenvalue weighted by molar-refractivity contribution is 0.217. The third-order valence-corrected chi connectivity index (χ3v) is 3.49. The van der Waals surface area contributed by atoms with Crippen LogP contribution in [-0.2, 0) is 0 Å². The number of nitrogens with one attached hydrogen (secondary N) is 1. The van der Waals surface area contributed by atoms with E-state index in [2.05, 4.69) is 5.32 Å². The Morgan fingerprint density at radius 1 is 1.00 bits per heavy atom. The molecule has 0 heterocycles. The van der Waals surface area contributed by atoms with E-state index in [9.17, 15) is 4.79 Å². The highest BCUT2D eigenvalue weighted by molar-refractivity contribution is 5.91. The van der Waals surface area contributed by atoms with Crippen LogP contribution in [0.1, 0.15) is 19.4 Å². The number of hydrogen-bond acceptors (Lipinski definition) is 2. The van der Waals surface area contributed by atoms with Crippen LogP contribution in [0.4, 0.5) is 10.5 Å². The number of hydrogen-bond donors (Lipinski definition) is 1. The summed E-state index contributed by atoms with van der Waals surface area (Å²) in [6.45, 7) is 7.25. The average Bonchev–Trinajstić information content (AvgIpc) is 2.52.